The standard InChI is InChI=1S/C29H34FN5O3/c1-16(2)32-22-14-11-17(15-31-22)21-13-12-19-23(18-9-8-10-20(30)24(18)38-25(19)33-21)29(6,7)26(36)34-27(37)35-28(3,4)5/h8-16,23H,1-7H3,(H,31,32)(H2,34,35,36,37). The molecule has 0 fully saturated rings. The molecule has 0 saturated carbocycles. The number of benzene rings is 1. The number of anilines is 1. The Morgan fingerprint density at radius 1 is 1.00 bits per heavy atom. The second kappa shape index (κ2) is 10.0. The molecule has 8 nitrogen and oxygen atoms in total. The maximum atomic E-state index is 15.0. The van der Waals surface area contributed by atoms with Gasteiger partial charge in [0.15, 0.2) is 11.6 Å². The van der Waals surface area contributed by atoms with E-state index >= 15 is 0 Å². The number of pyridine rings is 2. The van der Waals surface area contributed by atoms with E-state index < -0.39 is 34.6 Å². The number of ether oxygens (including phenoxy) is 1. The summed E-state index contributed by atoms with van der Waals surface area (Å²) in [6.45, 7) is 13.0. The number of nitrogens with zero attached hydrogens (tertiary/aromatic N) is 2. The first kappa shape index (κ1) is 27.0. The predicted molar refractivity (Wildman–Crippen MR) is 145 cm³/mol. The van der Waals surface area contributed by atoms with Crippen molar-refractivity contribution >= 4 is 17.8 Å². The number of imide groups is 1. The zero-order valence-corrected chi connectivity index (χ0v) is 22.8. The molecule has 3 amide bonds. The van der Waals surface area contributed by atoms with Crippen LogP contribution < -0.4 is 20.7 Å². The minimum Gasteiger partial charge on any atom is -0.435 e. The zero-order chi connectivity index (χ0) is 27.8. The maximum absolute atomic E-state index is 15.0. The van der Waals surface area contributed by atoms with Gasteiger partial charge in [0.2, 0.25) is 11.8 Å². The molecular weight excluding hydrogens is 485 g/mol. The van der Waals surface area contributed by atoms with Gasteiger partial charge in [-0.2, -0.15) is 0 Å². The van der Waals surface area contributed by atoms with E-state index in [1.54, 1.807) is 32.2 Å². The average molecular weight is 520 g/mol. The van der Waals surface area contributed by atoms with Crippen molar-refractivity contribution in [3.05, 3.63) is 65.6 Å². The quantitative estimate of drug-likeness (QED) is 0.382. The van der Waals surface area contributed by atoms with E-state index in [2.05, 4.69) is 25.9 Å². The minimum atomic E-state index is -1.16. The number of fused-ring (bicyclic) bond motifs is 2. The van der Waals surface area contributed by atoms with Crippen LogP contribution in [0.1, 0.15) is 65.5 Å². The molecule has 3 aromatic rings. The SMILES string of the molecule is CC(C)Nc1ccc(-c2ccc3c(n2)Oc2c(F)cccc2C3C(C)(C)C(=O)NC(=O)NC(C)(C)C)cn1. The molecule has 200 valence electrons. The lowest BCUT2D eigenvalue weighted by Gasteiger charge is -2.37. The topological polar surface area (TPSA) is 105 Å². The predicted octanol–water partition coefficient (Wildman–Crippen LogP) is 5.99. The van der Waals surface area contributed by atoms with Gasteiger partial charge in [0.1, 0.15) is 5.82 Å². The van der Waals surface area contributed by atoms with Crippen molar-refractivity contribution in [3.63, 3.8) is 0 Å². The fourth-order valence-corrected chi connectivity index (χ4v) is 4.51. The third-order valence-corrected chi connectivity index (χ3v) is 6.23. The molecule has 1 aliphatic heterocycles. The van der Waals surface area contributed by atoms with Crippen LogP contribution in [0.15, 0.2) is 48.7 Å². The van der Waals surface area contributed by atoms with Gasteiger partial charge in [-0.05, 0) is 58.9 Å². The Labute approximate surface area is 222 Å². The van der Waals surface area contributed by atoms with Crippen molar-refractivity contribution in [1.29, 1.82) is 0 Å². The summed E-state index contributed by atoms with van der Waals surface area (Å²) >= 11 is 0. The van der Waals surface area contributed by atoms with Crippen LogP contribution >= 0.6 is 0 Å². The summed E-state index contributed by atoms with van der Waals surface area (Å²) in [6, 6.07) is 11.7. The number of halogens is 1. The molecule has 0 aliphatic carbocycles. The lowest BCUT2D eigenvalue weighted by molar-refractivity contribution is -0.128. The van der Waals surface area contributed by atoms with Crippen molar-refractivity contribution < 1.29 is 18.7 Å². The van der Waals surface area contributed by atoms with Crippen molar-refractivity contribution in [2.75, 3.05) is 5.32 Å². The number of hydrogen-bond acceptors (Lipinski definition) is 6. The normalized spacial score (nSPS) is 14.7. The number of rotatable bonds is 5. The highest BCUT2D eigenvalue weighted by Crippen LogP contribution is 2.52. The van der Waals surface area contributed by atoms with Gasteiger partial charge in [-0.3, -0.25) is 10.1 Å². The minimum absolute atomic E-state index is 0.0178. The molecule has 3 N–H and O–H groups in total. The summed E-state index contributed by atoms with van der Waals surface area (Å²) in [5.41, 5.74) is 0.803. The van der Waals surface area contributed by atoms with Crippen LogP contribution in [-0.2, 0) is 4.79 Å². The van der Waals surface area contributed by atoms with E-state index in [9.17, 15) is 14.0 Å². The van der Waals surface area contributed by atoms with E-state index in [1.165, 1.54) is 6.07 Å². The molecule has 9 heteroatoms. The van der Waals surface area contributed by atoms with E-state index in [4.69, 9.17) is 4.74 Å². The van der Waals surface area contributed by atoms with Crippen LogP contribution in [0.3, 0.4) is 0 Å². The molecule has 1 unspecified atom stereocenters. The van der Waals surface area contributed by atoms with Crippen molar-refractivity contribution in [2.45, 2.75) is 66.0 Å². The Bertz CT molecular complexity index is 1360. The second-order valence-corrected chi connectivity index (χ2v) is 11.4. The third kappa shape index (κ3) is 5.61. The molecule has 1 atom stereocenters. The fraction of sp³-hybridized carbons (Fsp3) is 0.379. The fourth-order valence-electron chi connectivity index (χ4n) is 4.51. The lowest BCUT2D eigenvalue weighted by Crippen LogP contribution is -2.52. The molecule has 2 aromatic heterocycles. The molecule has 1 aromatic carbocycles. The first-order chi connectivity index (χ1) is 17.8. The van der Waals surface area contributed by atoms with Crippen LogP contribution in [0.4, 0.5) is 15.0 Å². The van der Waals surface area contributed by atoms with Crippen LogP contribution in [0.2, 0.25) is 0 Å². The Morgan fingerprint density at radius 3 is 2.37 bits per heavy atom. The molecule has 0 bridgehead atoms. The van der Waals surface area contributed by atoms with Gasteiger partial charge in [0.05, 0.1) is 11.1 Å². The summed E-state index contributed by atoms with van der Waals surface area (Å²) in [5, 5.41) is 8.43. The summed E-state index contributed by atoms with van der Waals surface area (Å²) in [4.78, 5) is 35.0. The number of carbonyl (C=O) groups is 2. The first-order valence-corrected chi connectivity index (χ1v) is 12.6. The Balaban J connectivity index is 1.72. The average Bonchev–Trinajstić information content (AvgIpc) is 2.81. The van der Waals surface area contributed by atoms with E-state index in [-0.39, 0.29) is 17.7 Å². The zero-order valence-electron chi connectivity index (χ0n) is 22.8. The molecule has 0 saturated heterocycles. The van der Waals surface area contributed by atoms with Crippen LogP contribution in [0, 0.1) is 11.2 Å². The summed E-state index contributed by atoms with van der Waals surface area (Å²) in [5.74, 6) is -0.723. The number of nitrogens with one attached hydrogen (secondary N) is 3. The molecule has 4 rings (SSSR count). The molecule has 0 spiro atoms. The van der Waals surface area contributed by atoms with E-state index in [1.807, 2.05) is 58.9 Å². The Morgan fingerprint density at radius 2 is 1.74 bits per heavy atom. The Hall–Kier alpha value is -4.01. The van der Waals surface area contributed by atoms with Gasteiger partial charge in [-0.1, -0.05) is 32.0 Å². The van der Waals surface area contributed by atoms with Gasteiger partial charge < -0.3 is 15.4 Å². The van der Waals surface area contributed by atoms with Crippen molar-refractivity contribution in [2.24, 2.45) is 5.41 Å². The van der Waals surface area contributed by atoms with Crippen LogP contribution in [0.25, 0.3) is 11.3 Å². The highest BCUT2D eigenvalue weighted by molar-refractivity contribution is 5.98. The third-order valence-electron chi connectivity index (χ3n) is 6.23. The van der Waals surface area contributed by atoms with Crippen LogP contribution in [0.5, 0.6) is 11.6 Å². The lowest BCUT2D eigenvalue weighted by atomic mass is 9.69. The summed E-state index contributed by atoms with van der Waals surface area (Å²) < 4.78 is 20.9. The van der Waals surface area contributed by atoms with Crippen molar-refractivity contribution in [1.82, 2.24) is 20.6 Å². The molecule has 3 heterocycles. The molecule has 1 aliphatic rings. The Kier molecular flexibility index (Phi) is 7.14. The van der Waals surface area contributed by atoms with Gasteiger partial charge in [-0.15, -0.1) is 0 Å². The highest BCUT2D eigenvalue weighted by atomic mass is 19.1. The number of carbonyl (C=O) groups excluding carboxylic acids is 2. The largest absolute Gasteiger partial charge is 0.435 e. The molecular formula is C29H34FN5O3. The molecule has 0 radical (unpaired) electrons. The van der Waals surface area contributed by atoms with E-state index in [0.29, 0.717) is 16.8 Å². The van der Waals surface area contributed by atoms with E-state index in [0.717, 1.165) is 11.4 Å². The maximum Gasteiger partial charge on any atom is 0.321 e. The van der Waals surface area contributed by atoms with Crippen molar-refractivity contribution in [3.8, 4) is 22.9 Å². The highest BCUT2D eigenvalue weighted by Gasteiger charge is 2.45. The number of urea groups is 1. The second-order valence-electron chi connectivity index (χ2n) is 11.4. The van der Waals surface area contributed by atoms with Crippen LogP contribution in [-0.4, -0.2) is 33.5 Å². The van der Waals surface area contributed by atoms with Gasteiger partial charge in [-0.25, -0.2) is 19.2 Å². The van der Waals surface area contributed by atoms with Gasteiger partial charge in [0, 0.05) is 40.4 Å². The summed E-state index contributed by atoms with van der Waals surface area (Å²) in [6.07, 6.45) is 1.71. The monoisotopic (exact) mass is 519 g/mol. The van der Waals surface area contributed by atoms with Gasteiger partial charge in [0.25, 0.3) is 0 Å². The molecule has 38 heavy (non-hydrogen) atoms. The summed E-state index contributed by atoms with van der Waals surface area (Å²) in [7, 11) is 0. The first-order valence-electron chi connectivity index (χ1n) is 12.6. The number of aromatic nitrogens is 2. The smallest absolute Gasteiger partial charge is 0.321 e. The number of amides is 3. The van der Waals surface area contributed by atoms with Gasteiger partial charge >= 0.3 is 6.03 Å². The number of para-hydroxylation sites is 1. The number of hydrogen-bond donors (Lipinski definition) is 3.